The van der Waals surface area contributed by atoms with Crippen molar-refractivity contribution in [2.45, 2.75) is 20.1 Å². The summed E-state index contributed by atoms with van der Waals surface area (Å²) in [6, 6.07) is 0.231. The molecule has 1 amide bonds. The summed E-state index contributed by atoms with van der Waals surface area (Å²) >= 11 is 1.53. The molecule has 0 spiro atoms. The maximum atomic E-state index is 12.0. The van der Waals surface area contributed by atoms with E-state index in [-0.39, 0.29) is 11.9 Å². The lowest BCUT2D eigenvalue weighted by Gasteiger charge is -2.04. The second kappa shape index (κ2) is 7.09. The van der Waals surface area contributed by atoms with Gasteiger partial charge in [-0.15, -0.1) is 11.3 Å². The van der Waals surface area contributed by atoms with E-state index in [0.29, 0.717) is 18.7 Å². The minimum absolute atomic E-state index is 0.231. The Hall–Kier alpha value is -2.06. The Labute approximate surface area is 126 Å². The van der Waals surface area contributed by atoms with E-state index in [2.05, 4.69) is 20.3 Å². The van der Waals surface area contributed by atoms with Gasteiger partial charge in [0.25, 0.3) is 5.91 Å². The van der Waals surface area contributed by atoms with Gasteiger partial charge in [-0.05, 0) is 6.92 Å². The third-order valence-corrected chi connectivity index (χ3v) is 3.82. The van der Waals surface area contributed by atoms with Gasteiger partial charge in [-0.1, -0.05) is 0 Å². The zero-order valence-corrected chi connectivity index (χ0v) is 12.9. The predicted molar refractivity (Wildman–Crippen MR) is 77.3 cm³/mol. The number of nitrogens with zero attached hydrogens (tertiary/aromatic N) is 3. The van der Waals surface area contributed by atoms with Crippen LogP contribution in [0.2, 0.25) is 0 Å². The minimum Gasteiger partial charge on any atom is -0.467 e. The molecule has 2 aromatic rings. The van der Waals surface area contributed by atoms with Crippen molar-refractivity contribution < 1.29 is 14.3 Å². The fourth-order valence-electron chi connectivity index (χ4n) is 1.64. The van der Waals surface area contributed by atoms with E-state index in [1.54, 1.807) is 7.11 Å². The molecule has 0 radical (unpaired) electrons. The molecule has 112 valence electrons. The second-order valence-corrected chi connectivity index (χ2v) is 5.36. The van der Waals surface area contributed by atoms with Gasteiger partial charge < -0.3 is 14.8 Å². The molecule has 0 aliphatic heterocycles. The number of carbonyl (C=O) groups is 1. The molecule has 0 bridgehead atoms. The number of carbonyl (C=O) groups excluding carboxylic acids is 1. The molecule has 7 nitrogen and oxygen atoms in total. The van der Waals surface area contributed by atoms with Gasteiger partial charge in [0.2, 0.25) is 0 Å². The van der Waals surface area contributed by atoms with Gasteiger partial charge in [0.05, 0.1) is 31.5 Å². The molecule has 21 heavy (non-hydrogen) atoms. The summed E-state index contributed by atoms with van der Waals surface area (Å²) in [7, 11) is 3.10. The maximum Gasteiger partial charge on any atom is 0.316 e. The summed E-state index contributed by atoms with van der Waals surface area (Å²) in [5.74, 6) is -0.237. The Morgan fingerprint density at radius 1 is 1.33 bits per heavy atom. The van der Waals surface area contributed by atoms with Crippen LogP contribution in [0.5, 0.6) is 6.01 Å². The van der Waals surface area contributed by atoms with Gasteiger partial charge in [0, 0.05) is 24.4 Å². The Morgan fingerprint density at radius 3 is 2.67 bits per heavy atom. The first kappa shape index (κ1) is 15.3. The van der Waals surface area contributed by atoms with E-state index in [1.807, 2.05) is 6.92 Å². The molecule has 0 fully saturated rings. The fraction of sp³-hybridized carbons (Fsp3) is 0.385. The van der Waals surface area contributed by atoms with Crippen LogP contribution in [0.3, 0.4) is 0 Å². The van der Waals surface area contributed by atoms with Crippen LogP contribution in [0, 0.1) is 6.92 Å². The second-order valence-electron chi connectivity index (χ2n) is 4.19. The van der Waals surface area contributed by atoms with Crippen LogP contribution < -0.4 is 10.1 Å². The third-order valence-electron chi connectivity index (χ3n) is 2.69. The maximum absolute atomic E-state index is 12.0. The van der Waals surface area contributed by atoms with Gasteiger partial charge in [-0.2, -0.15) is 0 Å². The molecule has 0 saturated carbocycles. The van der Waals surface area contributed by atoms with E-state index in [4.69, 9.17) is 9.47 Å². The van der Waals surface area contributed by atoms with Crippen LogP contribution in [-0.4, -0.2) is 35.1 Å². The molecule has 0 unspecified atom stereocenters. The SMILES string of the molecule is COCc1nc(C)c(CNC(=O)c2cnc(OC)nc2)s1. The van der Waals surface area contributed by atoms with Crippen LogP contribution >= 0.6 is 11.3 Å². The molecule has 0 aromatic carbocycles. The summed E-state index contributed by atoms with van der Waals surface area (Å²) in [5, 5.41) is 3.71. The lowest BCUT2D eigenvalue weighted by molar-refractivity contribution is 0.0950. The molecule has 2 heterocycles. The number of thiazole rings is 1. The third kappa shape index (κ3) is 3.96. The molecule has 0 saturated heterocycles. The molecule has 0 aliphatic rings. The number of aryl methyl sites for hydroxylation is 1. The smallest absolute Gasteiger partial charge is 0.316 e. The number of methoxy groups -OCH3 is 2. The fourth-order valence-corrected chi connectivity index (χ4v) is 2.62. The van der Waals surface area contributed by atoms with Crippen molar-refractivity contribution in [1.29, 1.82) is 0 Å². The first-order chi connectivity index (χ1) is 10.1. The molecule has 0 atom stereocenters. The number of nitrogens with one attached hydrogen (secondary N) is 1. The predicted octanol–water partition coefficient (Wildman–Crippen LogP) is 1.33. The monoisotopic (exact) mass is 308 g/mol. The number of rotatable bonds is 6. The highest BCUT2D eigenvalue weighted by Gasteiger charge is 2.11. The normalized spacial score (nSPS) is 10.4. The number of ether oxygens (including phenoxy) is 2. The standard InChI is InChI=1S/C13H16N4O3S/c1-8-10(21-11(17-8)7-19-2)6-14-12(18)9-4-15-13(20-3)16-5-9/h4-5H,6-7H2,1-3H3,(H,14,18). The van der Waals surface area contributed by atoms with E-state index in [9.17, 15) is 4.79 Å². The van der Waals surface area contributed by atoms with Gasteiger partial charge in [0.1, 0.15) is 5.01 Å². The van der Waals surface area contributed by atoms with E-state index in [0.717, 1.165) is 15.6 Å². The van der Waals surface area contributed by atoms with Crippen LogP contribution in [0.15, 0.2) is 12.4 Å². The highest BCUT2D eigenvalue weighted by molar-refractivity contribution is 7.11. The van der Waals surface area contributed by atoms with Crippen molar-refractivity contribution in [2.75, 3.05) is 14.2 Å². The molecular weight excluding hydrogens is 292 g/mol. The van der Waals surface area contributed by atoms with Gasteiger partial charge in [-0.3, -0.25) is 4.79 Å². The molecule has 2 aromatic heterocycles. The number of hydrogen-bond acceptors (Lipinski definition) is 7. The first-order valence-corrected chi connectivity index (χ1v) is 7.04. The Bertz CT molecular complexity index is 612. The summed E-state index contributed by atoms with van der Waals surface area (Å²) < 4.78 is 9.89. The average molecular weight is 308 g/mol. The summed E-state index contributed by atoms with van der Waals surface area (Å²) in [5.41, 5.74) is 1.29. The zero-order chi connectivity index (χ0) is 15.2. The van der Waals surface area contributed by atoms with Crippen molar-refractivity contribution >= 4 is 17.2 Å². The van der Waals surface area contributed by atoms with Crippen molar-refractivity contribution in [2.24, 2.45) is 0 Å². The van der Waals surface area contributed by atoms with Crippen molar-refractivity contribution in [3.8, 4) is 6.01 Å². The van der Waals surface area contributed by atoms with Crippen LogP contribution in [0.25, 0.3) is 0 Å². The number of hydrogen-bond donors (Lipinski definition) is 1. The molecule has 1 N–H and O–H groups in total. The highest BCUT2D eigenvalue weighted by Crippen LogP contribution is 2.18. The van der Waals surface area contributed by atoms with Crippen LogP contribution in [0.1, 0.15) is 25.9 Å². The van der Waals surface area contributed by atoms with E-state index in [1.165, 1.54) is 30.8 Å². The molecular formula is C13H16N4O3S. The topological polar surface area (TPSA) is 86.2 Å². The zero-order valence-electron chi connectivity index (χ0n) is 12.0. The van der Waals surface area contributed by atoms with Crippen LogP contribution in [-0.2, 0) is 17.9 Å². The van der Waals surface area contributed by atoms with Crippen molar-refractivity contribution in [1.82, 2.24) is 20.3 Å². The van der Waals surface area contributed by atoms with Crippen molar-refractivity contribution in [3.05, 3.63) is 33.5 Å². The average Bonchev–Trinajstić information content (AvgIpc) is 2.85. The van der Waals surface area contributed by atoms with Gasteiger partial charge in [0.15, 0.2) is 0 Å². The molecule has 0 aliphatic carbocycles. The van der Waals surface area contributed by atoms with Crippen molar-refractivity contribution in [3.63, 3.8) is 0 Å². The Kier molecular flexibility index (Phi) is 5.18. The lowest BCUT2D eigenvalue weighted by atomic mass is 10.3. The quantitative estimate of drug-likeness (QED) is 0.866. The number of amides is 1. The van der Waals surface area contributed by atoms with Gasteiger partial charge in [-0.25, -0.2) is 15.0 Å². The summed E-state index contributed by atoms with van der Waals surface area (Å²) in [6.45, 7) is 2.80. The Balaban J connectivity index is 1.96. The summed E-state index contributed by atoms with van der Waals surface area (Å²) in [4.78, 5) is 25.2. The molecule has 8 heteroatoms. The highest BCUT2D eigenvalue weighted by atomic mass is 32.1. The molecule has 2 rings (SSSR count). The summed E-state index contributed by atoms with van der Waals surface area (Å²) in [6.07, 6.45) is 2.86. The largest absolute Gasteiger partial charge is 0.467 e. The van der Waals surface area contributed by atoms with E-state index >= 15 is 0 Å². The lowest BCUT2D eigenvalue weighted by Crippen LogP contribution is -2.23. The van der Waals surface area contributed by atoms with Crippen LogP contribution in [0.4, 0.5) is 0 Å². The Morgan fingerprint density at radius 2 is 2.05 bits per heavy atom. The minimum atomic E-state index is -0.237. The van der Waals surface area contributed by atoms with E-state index < -0.39 is 0 Å². The number of aromatic nitrogens is 3. The van der Waals surface area contributed by atoms with Gasteiger partial charge >= 0.3 is 6.01 Å². The first-order valence-electron chi connectivity index (χ1n) is 6.22.